The Balaban J connectivity index is 2.48. The Hall–Kier alpha value is -1.31. The highest BCUT2D eigenvalue weighted by molar-refractivity contribution is 6.00. The standard InChI is InChI=1S/C14H19NO/c1-9(2)12-7-5-6-11-8-15(10(3)4)14(16)13(11)12/h5-7,9-10H,8H2,1-4H3. The summed E-state index contributed by atoms with van der Waals surface area (Å²) in [6.07, 6.45) is 0. The third-order valence-corrected chi connectivity index (χ3v) is 3.24. The number of rotatable bonds is 2. The van der Waals surface area contributed by atoms with Crippen molar-refractivity contribution in [2.24, 2.45) is 0 Å². The molecule has 2 rings (SSSR count). The summed E-state index contributed by atoms with van der Waals surface area (Å²) >= 11 is 0. The Kier molecular flexibility index (Phi) is 2.75. The van der Waals surface area contributed by atoms with Crippen LogP contribution in [0.15, 0.2) is 18.2 Å². The first kappa shape index (κ1) is 11.2. The number of amides is 1. The van der Waals surface area contributed by atoms with E-state index in [-0.39, 0.29) is 11.9 Å². The van der Waals surface area contributed by atoms with Crippen molar-refractivity contribution in [3.05, 3.63) is 34.9 Å². The largest absolute Gasteiger partial charge is 0.332 e. The molecule has 1 heterocycles. The molecule has 0 saturated carbocycles. The van der Waals surface area contributed by atoms with Crippen LogP contribution in [0.4, 0.5) is 0 Å². The quantitative estimate of drug-likeness (QED) is 0.745. The molecular weight excluding hydrogens is 198 g/mol. The fourth-order valence-corrected chi connectivity index (χ4v) is 2.31. The van der Waals surface area contributed by atoms with Gasteiger partial charge in [0.15, 0.2) is 0 Å². The zero-order valence-corrected chi connectivity index (χ0v) is 10.4. The molecule has 0 spiro atoms. The first-order chi connectivity index (χ1) is 7.52. The first-order valence-electron chi connectivity index (χ1n) is 5.95. The summed E-state index contributed by atoms with van der Waals surface area (Å²) in [5, 5.41) is 0. The summed E-state index contributed by atoms with van der Waals surface area (Å²) in [6, 6.07) is 6.48. The van der Waals surface area contributed by atoms with Crippen LogP contribution >= 0.6 is 0 Å². The Morgan fingerprint density at radius 1 is 1.19 bits per heavy atom. The molecule has 0 unspecified atom stereocenters. The van der Waals surface area contributed by atoms with Crippen LogP contribution in [0.2, 0.25) is 0 Å². The molecule has 0 saturated heterocycles. The van der Waals surface area contributed by atoms with Crippen molar-refractivity contribution in [3.63, 3.8) is 0 Å². The van der Waals surface area contributed by atoms with E-state index in [2.05, 4.69) is 45.9 Å². The fraction of sp³-hybridized carbons (Fsp3) is 0.500. The van der Waals surface area contributed by atoms with Gasteiger partial charge in [-0.05, 0) is 30.9 Å². The van der Waals surface area contributed by atoms with Crippen LogP contribution in [0.1, 0.15) is 55.1 Å². The molecule has 1 aromatic carbocycles. The van der Waals surface area contributed by atoms with Gasteiger partial charge in [0.1, 0.15) is 0 Å². The summed E-state index contributed by atoms with van der Waals surface area (Å²) in [5.74, 6) is 0.611. The minimum absolute atomic E-state index is 0.203. The number of fused-ring (bicyclic) bond motifs is 1. The van der Waals surface area contributed by atoms with E-state index in [1.165, 1.54) is 11.1 Å². The Labute approximate surface area is 97.3 Å². The number of hydrogen-bond donors (Lipinski definition) is 0. The molecule has 1 aliphatic heterocycles. The van der Waals surface area contributed by atoms with Crippen molar-refractivity contribution in [2.75, 3.05) is 0 Å². The van der Waals surface area contributed by atoms with Crippen molar-refractivity contribution < 1.29 is 4.79 Å². The summed E-state index contributed by atoms with van der Waals surface area (Å²) in [6.45, 7) is 9.19. The zero-order chi connectivity index (χ0) is 11.9. The highest BCUT2D eigenvalue weighted by Gasteiger charge is 2.31. The van der Waals surface area contributed by atoms with Crippen molar-refractivity contribution in [1.29, 1.82) is 0 Å². The zero-order valence-electron chi connectivity index (χ0n) is 10.4. The van der Waals surface area contributed by atoms with Gasteiger partial charge >= 0.3 is 0 Å². The number of hydrogen-bond acceptors (Lipinski definition) is 1. The average Bonchev–Trinajstić information content (AvgIpc) is 2.56. The van der Waals surface area contributed by atoms with Gasteiger partial charge in [-0.15, -0.1) is 0 Å². The van der Waals surface area contributed by atoms with Crippen LogP contribution in [0.5, 0.6) is 0 Å². The molecule has 0 atom stereocenters. The van der Waals surface area contributed by atoms with E-state index >= 15 is 0 Å². The third kappa shape index (κ3) is 1.62. The predicted molar refractivity (Wildman–Crippen MR) is 65.5 cm³/mol. The van der Waals surface area contributed by atoms with Crippen molar-refractivity contribution in [2.45, 2.75) is 46.2 Å². The molecule has 86 valence electrons. The summed E-state index contributed by atoms with van der Waals surface area (Å²) in [7, 11) is 0. The van der Waals surface area contributed by atoms with Gasteiger partial charge in [0, 0.05) is 18.2 Å². The second-order valence-electron chi connectivity index (χ2n) is 5.06. The van der Waals surface area contributed by atoms with Gasteiger partial charge in [-0.1, -0.05) is 32.0 Å². The minimum atomic E-state index is 0.203. The van der Waals surface area contributed by atoms with Crippen LogP contribution < -0.4 is 0 Å². The van der Waals surface area contributed by atoms with Crippen LogP contribution in [0.3, 0.4) is 0 Å². The molecule has 16 heavy (non-hydrogen) atoms. The molecule has 0 bridgehead atoms. The van der Waals surface area contributed by atoms with E-state index in [0.29, 0.717) is 5.92 Å². The molecule has 2 heteroatoms. The normalized spacial score (nSPS) is 15.1. The van der Waals surface area contributed by atoms with Crippen molar-refractivity contribution >= 4 is 5.91 Å². The lowest BCUT2D eigenvalue weighted by molar-refractivity contribution is 0.0729. The second kappa shape index (κ2) is 3.93. The molecule has 1 aliphatic rings. The van der Waals surface area contributed by atoms with E-state index < -0.39 is 0 Å². The van der Waals surface area contributed by atoms with Gasteiger partial charge in [0.05, 0.1) is 0 Å². The van der Waals surface area contributed by atoms with Crippen LogP contribution in [0, 0.1) is 0 Å². The molecule has 2 nitrogen and oxygen atoms in total. The van der Waals surface area contributed by atoms with E-state index in [4.69, 9.17) is 0 Å². The maximum atomic E-state index is 12.3. The number of carbonyl (C=O) groups excluding carboxylic acids is 1. The maximum Gasteiger partial charge on any atom is 0.255 e. The molecule has 1 amide bonds. The first-order valence-corrected chi connectivity index (χ1v) is 5.95. The SMILES string of the molecule is CC(C)c1cccc2c1C(=O)N(C(C)C)C2. The lowest BCUT2D eigenvalue weighted by Gasteiger charge is -2.20. The number of nitrogens with zero attached hydrogens (tertiary/aromatic N) is 1. The number of benzene rings is 1. The van der Waals surface area contributed by atoms with Gasteiger partial charge in [0.2, 0.25) is 0 Å². The van der Waals surface area contributed by atoms with Crippen LogP contribution in [0.25, 0.3) is 0 Å². The number of carbonyl (C=O) groups is 1. The smallest absolute Gasteiger partial charge is 0.255 e. The summed E-state index contributed by atoms with van der Waals surface area (Å²) in [4.78, 5) is 14.2. The molecule has 0 N–H and O–H groups in total. The monoisotopic (exact) mass is 217 g/mol. The summed E-state index contributed by atoms with van der Waals surface area (Å²) < 4.78 is 0. The van der Waals surface area contributed by atoms with Gasteiger partial charge < -0.3 is 4.90 Å². The van der Waals surface area contributed by atoms with E-state index in [1.807, 2.05) is 4.90 Å². The van der Waals surface area contributed by atoms with E-state index in [9.17, 15) is 4.79 Å². The fourth-order valence-electron chi connectivity index (χ4n) is 2.31. The van der Waals surface area contributed by atoms with Gasteiger partial charge in [0.25, 0.3) is 5.91 Å². The Morgan fingerprint density at radius 3 is 2.44 bits per heavy atom. The average molecular weight is 217 g/mol. The van der Waals surface area contributed by atoms with E-state index in [0.717, 1.165) is 12.1 Å². The lowest BCUT2D eigenvalue weighted by Crippen LogP contribution is -2.31. The van der Waals surface area contributed by atoms with Gasteiger partial charge in [-0.3, -0.25) is 4.79 Å². The van der Waals surface area contributed by atoms with Crippen molar-refractivity contribution in [1.82, 2.24) is 4.90 Å². The maximum absolute atomic E-state index is 12.3. The third-order valence-electron chi connectivity index (χ3n) is 3.24. The minimum Gasteiger partial charge on any atom is -0.332 e. The van der Waals surface area contributed by atoms with E-state index in [1.54, 1.807) is 0 Å². The van der Waals surface area contributed by atoms with Crippen LogP contribution in [-0.4, -0.2) is 16.8 Å². The topological polar surface area (TPSA) is 20.3 Å². The molecule has 0 fully saturated rings. The molecule has 0 aromatic heterocycles. The highest BCUT2D eigenvalue weighted by Crippen LogP contribution is 2.31. The van der Waals surface area contributed by atoms with Crippen LogP contribution in [-0.2, 0) is 6.54 Å². The Morgan fingerprint density at radius 2 is 1.88 bits per heavy atom. The molecular formula is C14H19NO. The summed E-state index contributed by atoms with van der Waals surface area (Å²) in [5.41, 5.74) is 3.32. The second-order valence-corrected chi connectivity index (χ2v) is 5.06. The van der Waals surface area contributed by atoms with Crippen molar-refractivity contribution in [3.8, 4) is 0 Å². The Bertz CT molecular complexity index is 421. The van der Waals surface area contributed by atoms with Gasteiger partial charge in [-0.25, -0.2) is 0 Å². The lowest BCUT2D eigenvalue weighted by atomic mass is 9.95. The highest BCUT2D eigenvalue weighted by atomic mass is 16.2. The molecule has 1 aromatic rings. The van der Waals surface area contributed by atoms with Gasteiger partial charge in [-0.2, -0.15) is 0 Å². The predicted octanol–water partition coefficient (Wildman–Crippen LogP) is 3.17. The molecule has 0 aliphatic carbocycles. The molecule has 0 radical (unpaired) electrons.